The van der Waals surface area contributed by atoms with Crippen LogP contribution >= 0.6 is 11.6 Å². The molecule has 0 saturated heterocycles. The zero-order valence-electron chi connectivity index (χ0n) is 10.8. The number of halogens is 1. The lowest BCUT2D eigenvalue weighted by atomic mass is 10.0. The van der Waals surface area contributed by atoms with Crippen LogP contribution in [0.3, 0.4) is 0 Å². The number of benzene rings is 1. The summed E-state index contributed by atoms with van der Waals surface area (Å²) in [6.45, 7) is -0.475. The SMILES string of the molecule is CS(=O)(=O)c1ccc(C(O)C(CO)NC(=O)CCl)cc1. The molecule has 1 aromatic carbocycles. The van der Waals surface area contributed by atoms with Gasteiger partial charge in [0.15, 0.2) is 9.84 Å². The summed E-state index contributed by atoms with van der Waals surface area (Å²) >= 11 is 5.33. The van der Waals surface area contributed by atoms with E-state index >= 15 is 0 Å². The van der Waals surface area contributed by atoms with E-state index in [1.54, 1.807) is 0 Å². The first-order valence-corrected chi connectivity index (χ1v) is 8.16. The van der Waals surface area contributed by atoms with Gasteiger partial charge in [-0.05, 0) is 17.7 Å². The number of aliphatic hydroxyl groups is 2. The fraction of sp³-hybridized carbons (Fsp3) is 0.417. The fourth-order valence-electron chi connectivity index (χ4n) is 1.61. The minimum atomic E-state index is -3.31. The maximum absolute atomic E-state index is 11.3. The van der Waals surface area contributed by atoms with Gasteiger partial charge < -0.3 is 15.5 Å². The van der Waals surface area contributed by atoms with Crippen LogP contribution in [0.25, 0.3) is 0 Å². The maximum atomic E-state index is 11.3. The Kier molecular flexibility index (Phi) is 5.94. The molecule has 0 saturated carbocycles. The molecule has 20 heavy (non-hydrogen) atoms. The van der Waals surface area contributed by atoms with Gasteiger partial charge in [-0.15, -0.1) is 11.6 Å². The minimum absolute atomic E-state index is 0.124. The molecule has 0 heterocycles. The summed E-state index contributed by atoms with van der Waals surface area (Å²) in [6.07, 6.45) is -0.0869. The van der Waals surface area contributed by atoms with Crippen LogP contribution in [-0.2, 0) is 14.6 Å². The molecule has 0 aromatic heterocycles. The van der Waals surface area contributed by atoms with E-state index in [1.165, 1.54) is 24.3 Å². The molecular formula is C12H16ClNO5S. The molecule has 1 amide bonds. The Balaban J connectivity index is 2.90. The lowest BCUT2D eigenvalue weighted by Crippen LogP contribution is -2.42. The molecule has 0 bridgehead atoms. The van der Waals surface area contributed by atoms with Crippen LogP contribution in [0.4, 0.5) is 0 Å². The Labute approximate surface area is 122 Å². The van der Waals surface area contributed by atoms with E-state index in [1.807, 2.05) is 0 Å². The number of sulfone groups is 1. The Hall–Kier alpha value is -1.15. The zero-order valence-corrected chi connectivity index (χ0v) is 12.4. The summed E-state index contributed by atoms with van der Waals surface area (Å²) in [6, 6.07) is 4.65. The third-order valence-corrected chi connectivity index (χ3v) is 4.07. The summed E-state index contributed by atoms with van der Waals surface area (Å²) in [4.78, 5) is 11.3. The normalized spacial score (nSPS) is 14.6. The van der Waals surface area contributed by atoms with E-state index in [9.17, 15) is 23.4 Å². The number of carbonyl (C=O) groups is 1. The first kappa shape index (κ1) is 16.9. The number of alkyl halides is 1. The van der Waals surface area contributed by atoms with Crippen molar-refractivity contribution in [3.63, 3.8) is 0 Å². The van der Waals surface area contributed by atoms with Gasteiger partial charge in [-0.25, -0.2) is 8.42 Å². The van der Waals surface area contributed by atoms with Crippen molar-refractivity contribution >= 4 is 27.3 Å². The molecule has 6 nitrogen and oxygen atoms in total. The fourth-order valence-corrected chi connectivity index (χ4v) is 2.32. The second-order valence-corrected chi connectivity index (χ2v) is 6.56. The van der Waals surface area contributed by atoms with Crippen molar-refractivity contribution < 1.29 is 23.4 Å². The van der Waals surface area contributed by atoms with Crippen LogP contribution in [0.2, 0.25) is 0 Å². The smallest absolute Gasteiger partial charge is 0.235 e. The van der Waals surface area contributed by atoms with Gasteiger partial charge in [-0.2, -0.15) is 0 Å². The van der Waals surface area contributed by atoms with Gasteiger partial charge in [-0.1, -0.05) is 12.1 Å². The van der Waals surface area contributed by atoms with Crippen molar-refractivity contribution in [2.75, 3.05) is 18.7 Å². The largest absolute Gasteiger partial charge is 0.394 e. The number of aliphatic hydroxyl groups excluding tert-OH is 2. The molecule has 2 unspecified atom stereocenters. The van der Waals surface area contributed by atoms with Crippen molar-refractivity contribution in [3.05, 3.63) is 29.8 Å². The average molecular weight is 322 g/mol. The number of nitrogens with one attached hydrogen (secondary N) is 1. The highest BCUT2D eigenvalue weighted by Gasteiger charge is 2.22. The summed E-state index contributed by atoms with van der Waals surface area (Å²) in [5.74, 6) is -0.798. The summed E-state index contributed by atoms with van der Waals surface area (Å²) < 4.78 is 22.6. The van der Waals surface area contributed by atoms with E-state index in [0.717, 1.165) is 6.26 Å². The molecule has 2 atom stereocenters. The molecule has 0 aliphatic carbocycles. The number of hydrogen-bond acceptors (Lipinski definition) is 5. The molecule has 0 spiro atoms. The van der Waals surface area contributed by atoms with Crippen molar-refractivity contribution in [2.45, 2.75) is 17.0 Å². The molecule has 8 heteroatoms. The monoisotopic (exact) mass is 321 g/mol. The maximum Gasteiger partial charge on any atom is 0.235 e. The topological polar surface area (TPSA) is 104 Å². The predicted octanol–water partition coefficient (Wildman–Crippen LogP) is -0.161. The lowest BCUT2D eigenvalue weighted by Gasteiger charge is -2.22. The lowest BCUT2D eigenvalue weighted by molar-refractivity contribution is -0.120. The highest BCUT2D eigenvalue weighted by atomic mass is 35.5. The molecule has 0 radical (unpaired) electrons. The van der Waals surface area contributed by atoms with Gasteiger partial charge in [0.2, 0.25) is 5.91 Å². The van der Waals surface area contributed by atoms with E-state index in [2.05, 4.69) is 5.32 Å². The van der Waals surface area contributed by atoms with Crippen LogP contribution in [0, 0.1) is 0 Å². The summed E-state index contributed by atoms with van der Waals surface area (Å²) in [5.41, 5.74) is 0.381. The van der Waals surface area contributed by atoms with Crippen molar-refractivity contribution in [3.8, 4) is 0 Å². The molecule has 0 aliphatic rings. The Morgan fingerprint density at radius 1 is 1.35 bits per heavy atom. The van der Waals surface area contributed by atoms with Crippen LogP contribution in [0.15, 0.2) is 29.2 Å². The second kappa shape index (κ2) is 7.03. The van der Waals surface area contributed by atoms with Crippen molar-refractivity contribution in [2.24, 2.45) is 0 Å². The highest BCUT2D eigenvalue weighted by Crippen LogP contribution is 2.19. The number of carbonyl (C=O) groups excluding carboxylic acids is 1. The molecule has 0 aliphatic heterocycles. The van der Waals surface area contributed by atoms with E-state index in [-0.39, 0.29) is 10.8 Å². The predicted molar refractivity (Wildman–Crippen MR) is 74.2 cm³/mol. The number of amides is 1. The average Bonchev–Trinajstić information content (AvgIpc) is 2.42. The van der Waals surface area contributed by atoms with Gasteiger partial charge in [-0.3, -0.25) is 4.79 Å². The third kappa shape index (κ3) is 4.45. The molecule has 1 rings (SSSR count). The Morgan fingerprint density at radius 3 is 2.30 bits per heavy atom. The zero-order chi connectivity index (χ0) is 15.3. The van der Waals surface area contributed by atoms with Gasteiger partial charge in [0.05, 0.1) is 17.5 Å². The van der Waals surface area contributed by atoms with Crippen molar-refractivity contribution in [1.29, 1.82) is 0 Å². The highest BCUT2D eigenvalue weighted by molar-refractivity contribution is 7.90. The van der Waals surface area contributed by atoms with E-state index in [0.29, 0.717) is 5.56 Å². The summed E-state index contributed by atoms with van der Waals surface area (Å²) in [7, 11) is -3.31. The Bertz CT molecular complexity index is 558. The standard InChI is InChI=1S/C12H16ClNO5S/c1-20(18,19)9-4-2-8(3-5-9)12(17)10(7-15)14-11(16)6-13/h2-5,10,12,15,17H,6-7H2,1H3,(H,14,16). The first-order valence-electron chi connectivity index (χ1n) is 5.74. The van der Waals surface area contributed by atoms with Crippen molar-refractivity contribution in [1.82, 2.24) is 5.32 Å². The quantitative estimate of drug-likeness (QED) is 0.632. The molecular weight excluding hydrogens is 306 g/mol. The van der Waals surface area contributed by atoms with E-state index in [4.69, 9.17) is 11.6 Å². The van der Waals surface area contributed by atoms with Gasteiger partial charge in [0, 0.05) is 6.26 Å². The van der Waals surface area contributed by atoms with Crippen LogP contribution in [0.5, 0.6) is 0 Å². The van der Waals surface area contributed by atoms with E-state index < -0.39 is 34.5 Å². The third-order valence-electron chi connectivity index (χ3n) is 2.70. The second-order valence-electron chi connectivity index (χ2n) is 4.28. The Morgan fingerprint density at radius 2 is 1.90 bits per heavy atom. The molecule has 0 fully saturated rings. The van der Waals surface area contributed by atoms with Gasteiger partial charge >= 0.3 is 0 Å². The minimum Gasteiger partial charge on any atom is -0.394 e. The van der Waals surface area contributed by atoms with Gasteiger partial charge in [0.25, 0.3) is 0 Å². The van der Waals surface area contributed by atoms with Crippen LogP contribution < -0.4 is 5.32 Å². The number of rotatable bonds is 6. The van der Waals surface area contributed by atoms with Gasteiger partial charge in [0.1, 0.15) is 12.0 Å². The number of hydrogen-bond donors (Lipinski definition) is 3. The summed E-state index contributed by atoms with van der Waals surface area (Å²) in [5, 5.41) is 21.6. The molecule has 112 valence electrons. The molecule has 3 N–H and O–H groups in total. The first-order chi connectivity index (χ1) is 9.29. The molecule has 1 aromatic rings. The van der Waals surface area contributed by atoms with Crippen LogP contribution in [0.1, 0.15) is 11.7 Å². The van der Waals surface area contributed by atoms with Crippen LogP contribution in [-0.4, -0.2) is 49.3 Å².